The summed E-state index contributed by atoms with van der Waals surface area (Å²) in [6, 6.07) is 4.17. The van der Waals surface area contributed by atoms with Crippen LogP contribution in [0.3, 0.4) is 0 Å². The molecule has 1 unspecified atom stereocenters. The molecule has 2 heterocycles. The Morgan fingerprint density at radius 3 is 2.41 bits per heavy atom. The molecule has 1 aliphatic rings. The molecule has 5 rings (SSSR count). The van der Waals surface area contributed by atoms with Crippen molar-refractivity contribution in [1.82, 2.24) is 15.1 Å². The molecule has 2 N–H and O–H groups in total. The fraction of sp³-hybridized carbons (Fsp3) is 0.192. The normalized spacial score (nSPS) is 15.3. The van der Waals surface area contributed by atoms with Crippen LogP contribution in [0.25, 0.3) is 10.9 Å². The number of fused-ring (bicyclic) bond motifs is 3. The zero-order valence-electron chi connectivity index (χ0n) is 20.4. The number of carbonyl (C=O) groups excluding carboxylic acids is 2. The van der Waals surface area contributed by atoms with Crippen molar-refractivity contribution < 1.29 is 44.7 Å². The second-order valence-corrected chi connectivity index (χ2v) is 9.63. The molecule has 1 aliphatic heterocycles. The van der Waals surface area contributed by atoms with Crippen LogP contribution in [-0.4, -0.2) is 27.8 Å². The van der Waals surface area contributed by atoms with Gasteiger partial charge in [-0.05, 0) is 42.5 Å². The molecular formula is C26H15ClF8N4O2. The van der Waals surface area contributed by atoms with Crippen molar-refractivity contribution in [3.63, 3.8) is 0 Å². The van der Waals surface area contributed by atoms with E-state index in [0.717, 1.165) is 22.9 Å². The van der Waals surface area contributed by atoms with Gasteiger partial charge in [0.1, 0.15) is 17.2 Å². The fourth-order valence-corrected chi connectivity index (χ4v) is 4.98. The van der Waals surface area contributed by atoms with Crippen LogP contribution in [0.5, 0.6) is 0 Å². The van der Waals surface area contributed by atoms with Gasteiger partial charge in [0, 0.05) is 39.8 Å². The highest BCUT2D eigenvalue weighted by atomic mass is 35.5. The van der Waals surface area contributed by atoms with Crippen LogP contribution in [0.2, 0.25) is 5.02 Å². The Morgan fingerprint density at radius 2 is 1.76 bits per heavy atom. The van der Waals surface area contributed by atoms with Crippen LogP contribution in [-0.2, 0) is 19.6 Å². The van der Waals surface area contributed by atoms with E-state index in [0.29, 0.717) is 12.1 Å². The topological polar surface area (TPSA) is 76.0 Å². The summed E-state index contributed by atoms with van der Waals surface area (Å²) < 4.78 is 109. The van der Waals surface area contributed by atoms with E-state index in [1.54, 1.807) is 0 Å². The Labute approximate surface area is 229 Å². The van der Waals surface area contributed by atoms with Crippen molar-refractivity contribution in [3.8, 4) is 0 Å². The lowest BCUT2D eigenvalue weighted by atomic mass is 9.93. The van der Waals surface area contributed by atoms with E-state index in [1.165, 1.54) is 13.1 Å². The van der Waals surface area contributed by atoms with Gasteiger partial charge in [-0.25, -0.2) is 8.78 Å². The lowest BCUT2D eigenvalue weighted by Crippen LogP contribution is -2.21. The maximum Gasteiger partial charge on any atom is 0.416 e. The van der Waals surface area contributed by atoms with E-state index in [4.69, 9.17) is 11.6 Å². The van der Waals surface area contributed by atoms with Crippen LogP contribution in [0, 0.1) is 11.6 Å². The smallest absolute Gasteiger partial charge is 0.341 e. The summed E-state index contributed by atoms with van der Waals surface area (Å²) in [7, 11) is 1.21. The Morgan fingerprint density at radius 1 is 1.05 bits per heavy atom. The maximum absolute atomic E-state index is 14.2. The summed E-state index contributed by atoms with van der Waals surface area (Å²) in [6.07, 6.45) is -11.2. The largest absolute Gasteiger partial charge is 0.416 e. The van der Waals surface area contributed by atoms with E-state index in [2.05, 4.69) is 15.7 Å². The van der Waals surface area contributed by atoms with Gasteiger partial charge in [0.25, 0.3) is 11.8 Å². The number of carbonyl (C=O) groups is 2. The molecule has 214 valence electrons. The molecule has 0 saturated heterocycles. The molecule has 15 heteroatoms. The molecule has 0 fully saturated rings. The first kappa shape index (κ1) is 28.3. The predicted molar refractivity (Wildman–Crippen MR) is 131 cm³/mol. The van der Waals surface area contributed by atoms with Gasteiger partial charge in [-0.3, -0.25) is 14.3 Å². The lowest BCUT2D eigenvalue weighted by Gasteiger charge is -2.18. The molecule has 41 heavy (non-hydrogen) atoms. The van der Waals surface area contributed by atoms with Crippen LogP contribution < -0.4 is 10.6 Å². The summed E-state index contributed by atoms with van der Waals surface area (Å²) in [5, 5.41) is 8.71. The van der Waals surface area contributed by atoms with Crippen molar-refractivity contribution >= 4 is 40.0 Å². The third-order valence-electron chi connectivity index (χ3n) is 6.46. The lowest BCUT2D eigenvalue weighted by molar-refractivity contribution is -0.137. The minimum absolute atomic E-state index is 0.0133. The molecule has 0 spiro atoms. The monoisotopic (exact) mass is 602 g/mol. The number of halogens is 9. The highest BCUT2D eigenvalue weighted by Gasteiger charge is 2.39. The van der Waals surface area contributed by atoms with Crippen molar-refractivity contribution in [1.29, 1.82) is 0 Å². The molecule has 0 aliphatic carbocycles. The summed E-state index contributed by atoms with van der Waals surface area (Å²) >= 11 is 6.24. The average molecular weight is 603 g/mol. The zero-order valence-corrected chi connectivity index (χ0v) is 21.2. The third kappa shape index (κ3) is 5.31. The van der Waals surface area contributed by atoms with Crippen LogP contribution >= 0.6 is 11.6 Å². The van der Waals surface area contributed by atoms with Crippen molar-refractivity contribution in [2.75, 3.05) is 5.32 Å². The van der Waals surface area contributed by atoms with Crippen molar-refractivity contribution in [2.24, 2.45) is 7.05 Å². The van der Waals surface area contributed by atoms with Gasteiger partial charge in [-0.1, -0.05) is 11.6 Å². The molecule has 4 aromatic rings. The number of aryl methyl sites for hydroxylation is 1. The summed E-state index contributed by atoms with van der Waals surface area (Å²) in [6.45, 7) is 0. The fourth-order valence-electron chi connectivity index (χ4n) is 4.75. The van der Waals surface area contributed by atoms with Crippen molar-refractivity contribution in [3.05, 3.63) is 92.6 Å². The number of benzene rings is 3. The second kappa shape index (κ2) is 9.72. The van der Waals surface area contributed by atoms with E-state index in [9.17, 15) is 44.7 Å². The molecular weight excluding hydrogens is 588 g/mol. The van der Waals surface area contributed by atoms with E-state index < -0.39 is 59.4 Å². The molecule has 6 nitrogen and oxygen atoms in total. The minimum atomic E-state index is -4.99. The van der Waals surface area contributed by atoms with Crippen LogP contribution in [0.4, 0.5) is 40.8 Å². The van der Waals surface area contributed by atoms with Crippen LogP contribution in [0.15, 0.2) is 42.5 Å². The zero-order chi connectivity index (χ0) is 30.0. The number of hydrogen-bond donors (Lipinski definition) is 2. The van der Waals surface area contributed by atoms with Crippen LogP contribution in [0.1, 0.15) is 49.1 Å². The van der Waals surface area contributed by atoms with Crippen molar-refractivity contribution in [2.45, 2.75) is 24.8 Å². The number of anilines is 1. The Hall–Kier alpha value is -4.20. The van der Waals surface area contributed by atoms with Gasteiger partial charge in [0.15, 0.2) is 0 Å². The number of nitrogens with zero attached hydrogens (tertiary/aromatic N) is 2. The standard InChI is InChI=1S/C26H15ClF8N4O2/c1-39-18(9-25(30,31)32)15-8-17(36-23(40)10-4-11(26(33,34)35)6-13(29)5-10)19-20(22(15)38-39)24(41)37-21(19)14-7-12(28)2-3-16(14)27/h2-8,21H,9H2,1H3,(H,36,40)(H,37,41). The first-order valence-corrected chi connectivity index (χ1v) is 12.0. The quantitative estimate of drug-likeness (QED) is 0.255. The number of alkyl halides is 6. The Balaban J connectivity index is 1.73. The molecule has 1 atom stereocenters. The Bertz CT molecular complexity index is 1750. The van der Waals surface area contributed by atoms with E-state index >= 15 is 0 Å². The molecule has 2 amide bonds. The number of nitrogens with one attached hydrogen (secondary N) is 2. The minimum Gasteiger partial charge on any atom is -0.341 e. The van der Waals surface area contributed by atoms with Gasteiger partial charge in [-0.2, -0.15) is 31.4 Å². The maximum atomic E-state index is 14.2. The number of rotatable bonds is 4. The molecule has 0 saturated carbocycles. The molecule has 3 aromatic carbocycles. The second-order valence-electron chi connectivity index (χ2n) is 9.22. The number of aromatic nitrogens is 2. The first-order valence-electron chi connectivity index (χ1n) is 11.6. The van der Waals surface area contributed by atoms with Gasteiger partial charge >= 0.3 is 12.4 Å². The predicted octanol–water partition coefficient (Wildman–Crippen LogP) is 6.71. The number of hydrogen-bond acceptors (Lipinski definition) is 3. The summed E-state index contributed by atoms with van der Waals surface area (Å²) in [5.74, 6) is -4.22. The SMILES string of the molecule is Cn1nc2c3c(c(NC(=O)c4cc(F)cc(C(F)(F)F)c4)cc2c1CC(F)(F)F)C(c1cc(F)ccc1Cl)NC3=O. The molecule has 0 radical (unpaired) electrons. The first-order chi connectivity index (χ1) is 19.0. The van der Waals surface area contributed by atoms with E-state index in [1.807, 2.05) is 0 Å². The van der Waals surface area contributed by atoms with Gasteiger partial charge in [-0.15, -0.1) is 0 Å². The molecule has 0 bridgehead atoms. The van der Waals surface area contributed by atoms with E-state index in [-0.39, 0.29) is 50.1 Å². The van der Waals surface area contributed by atoms with Gasteiger partial charge in [0.05, 0.1) is 29.3 Å². The summed E-state index contributed by atoms with van der Waals surface area (Å²) in [4.78, 5) is 26.3. The average Bonchev–Trinajstić information content (AvgIpc) is 3.35. The van der Waals surface area contributed by atoms with Gasteiger partial charge < -0.3 is 10.6 Å². The highest BCUT2D eigenvalue weighted by Crippen LogP contribution is 2.44. The third-order valence-corrected chi connectivity index (χ3v) is 6.80. The summed E-state index contributed by atoms with van der Waals surface area (Å²) in [5.41, 5.74) is -3.39. The number of amides is 2. The Kier molecular flexibility index (Phi) is 6.71. The highest BCUT2D eigenvalue weighted by molar-refractivity contribution is 6.31. The van der Waals surface area contributed by atoms with Gasteiger partial charge in [0.2, 0.25) is 0 Å². The molecule has 1 aromatic heterocycles.